The number of hydrogen-bond donors (Lipinski definition) is 4. The number of carbonyl (C=O) groups excluding carboxylic acids is 2. The number of fused-ring (bicyclic) bond motifs is 1. The zero-order valence-corrected chi connectivity index (χ0v) is 20.7. The van der Waals surface area contributed by atoms with E-state index in [0.717, 1.165) is 44.1 Å². The van der Waals surface area contributed by atoms with Crippen LogP contribution in [0.15, 0.2) is 24.3 Å². The Bertz CT molecular complexity index is 844. The highest BCUT2D eigenvalue weighted by Gasteiger charge is 2.66. The minimum Gasteiger partial charge on any atom is -0.384 e. The molecular weight excluding hydrogens is 461 g/mol. The molecule has 2 saturated carbocycles. The van der Waals surface area contributed by atoms with Gasteiger partial charge in [-0.25, -0.2) is 0 Å². The van der Waals surface area contributed by atoms with Crippen LogP contribution in [0.3, 0.4) is 0 Å². The molecule has 6 N–H and O–H groups in total. The third-order valence-electron chi connectivity index (χ3n) is 7.50. The van der Waals surface area contributed by atoms with Gasteiger partial charge in [-0.3, -0.25) is 15.0 Å². The van der Waals surface area contributed by atoms with Crippen molar-refractivity contribution in [3.8, 4) is 0 Å². The molecule has 1 heterocycles. The Balaban J connectivity index is 0.00000193. The summed E-state index contributed by atoms with van der Waals surface area (Å²) in [5.74, 6) is 0.693. The van der Waals surface area contributed by atoms with Crippen molar-refractivity contribution in [1.29, 1.82) is 5.41 Å². The first-order valence-corrected chi connectivity index (χ1v) is 11.7. The number of nitrogens with one attached hydrogen (secondary N) is 2. The van der Waals surface area contributed by atoms with E-state index < -0.39 is 11.6 Å². The van der Waals surface area contributed by atoms with Gasteiger partial charge in [0.1, 0.15) is 11.4 Å². The number of likely N-dealkylation sites (tertiary alicyclic amines) is 1. The molecule has 2 amide bonds. The number of amidine groups is 1. The molecule has 4 rings (SSSR count). The van der Waals surface area contributed by atoms with Crippen LogP contribution in [0, 0.1) is 17.2 Å². The quantitative estimate of drug-likeness (QED) is 0.341. The van der Waals surface area contributed by atoms with Gasteiger partial charge in [0.05, 0.1) is 6.04 Å². The highest BCUT2D eigenvalue weighted by molar-refractivity contribution is 5.96. The maximum Gasteiger partial charge on any atom is 0.246 e. The van der Waals surface area contributed by atoms with Crippen molar-refractivity contribution in [1.82, 2.24) is 10.2 Å². The summed E-state index contributed by atoms with van der Waals surface area (Å²) in [6.45, 7) is 1.01. The van der Waals surface area contributed by atoms with E-state index in [9.17, 15) is 9.59 Å². The van der Waals surface area contributed by atoms with Gasteiger partial charge >= 0.3 is 0 Å². The Morgan fingerprint density at radius 2 is 1.76 bits per heavy atom. The maximum absolute atomic E-state index is 13.3. The number of nitrogens with zero attached hydrogens (tertiary/aromatic N) is 1. The van der Waals surface area contributed by atoms with Crippen molar-refractivity contribution in [2.24, 2.45) is 23.3 Å². The molecule has 2 aliphatic carbocycles. The predicted octanol–water partition coefficient (Wildman–Crippen LogP) is 3.11. The van der Waals surface area contributed by atoms with Gasteiger partial charge in [0.2, 0.25) is 11.8 Å². The molecule has 7 nitrogen and oxygen atoms in total. The average molecular weight is 498 g/mol. The average Bonchev–Trinajstić information content (AvgIpc) is 3.54. The van der Waals surface area contributed by atoms with Crippen LogP contribution >= 0.6 is 24.8 Å². The second kappa shape index (κ2) is 11.5. The minimum atomic E-state index is -0.709. The standard InChI is InChI=1S/C24H35N5O2.2ClH/c25-20(13-16-5-2-1-3-6-16)22(30)29-12-4-7-19-14-24(19,29)23(31)28-15-17-8-10-18(11-9-17)21(26)27;;/h8-11,16,19-20H,1-7,12-15,25H2,(H3,26,27)(H,28,31);2*1H/t19-,20-,24+;;/m1../s1. The zero-order chi connectivity index (χ0) is 22.0. The molecule has 3 atom stereocenters. The van der Waals surface area contributed by atoms with E-state index in [1.165, 1.54) is 19.3 Å². The van der Waals surface area contributed by atoms with Crippen LogP contribution in [0.25, 0.3) is 0 Å². The highest BCUT2D eigenvalue weighted by Crippen LogP contribution is 2.54. The normalized spacial score (nSPS) is 25.0. The molecule has 0 bridgehead atoms. The smallest absolute Gasteiger partial charge is 0.246 e. The summed E-state index contributed by atoms with van der Waals surface area (Å²) >= 11 is 0. The van der Waals surface area contributed by atoms with Gasteiger partial charge in [0, 0.05) is 18.7 Å². The van der Waals surface area contributed by atoms with Crippen molar-refractivity contribution in [3.63, 3.8) is 0 Å². The molecule has 0 spiro atoms. The fourth-order valence-electron chi connectivity index (χ4n) is 5.61. The molecule has 1 aromatic carbocycles. The van der Waals surface area contributed by atoms with Crippen LogP contribution in [0.2, 0.25) is 0 Å². The lowest BCUT2D eigenvalue weighted by Crippen LogP contribution is -2.58. The molecule has 1 aromatic rings. The largest absolute Gasteiger partial charge is 0.384 e. The van der Waals surface area contributed by atoms with Crippen molar-refractivity contribution >= 4 is 42.5 Å². The minimum absolute atomic E-state index is 0. The Morgan fingerprint density at radius 1 is 1.09 bits per heavy atom. The zero-order valence-electron chi connectivity index (χ0n) is 19.1. The number of benzene rings is 1. The lowest BCUT2D eigenvalue weighted by atomic mass is 9.84. The van der Waals surface area contributed by atoms with Crippen LogP contribution in [0.4, 0.5) is 0 Å². The second-order valence-electron chi connectivity index (χ2n) is 9.60. The summed E-state index contributed by atoms with van der Waals surface area (Å²) < 4.78 is 0. The Morgan fingerprint density at radius 3 is 2.39 bits per heavy atom. The van der Waals surface area contributed by atoms with Crippen LogP contribution in [-0.2, 0) is 16.1 Å². The first-order chi connectivity index (χ1) is 14.9. The van der Waals surface area contributed by atoms with Gasteiger partial charge in [-0.05, 0) is 43.1 Å². The molecule has 0 radical (unpaired) electrons. The molecule has 3 fully saturated rings. The number of nitrogens with two attached hydrogens (primary N) is 2. The SMILES string of the molecule is Cl.Cl.N=C(N)c1ccc(CNC(=O)[C@]23C[C@H]2CCCN3C(=O)[C@H](N)CC2CCCCC2)cc1. The molecule has 1 aliphatic heterocycles. The summed E-state index contributed by atoms with van der Waals surface area (Å²) in [5, 5.41) is 10.5. The first kappa shape index (κ1) is 27.4. The fourth-order valence-corrected chi connectivity index (χ4v) is 5.61. The number of amides is 2. The van der Waals surface area contributed by atoms with Crippen LogP contribution < -0.4 is 16.8 Å². The monoisotopic (exact) mass is 497 g/mol. The Labute approximate surface area is 208 Å². The van der Waals surface area contributed by atoms with Crippen molar-refractivity contribution in [3.05, 3.63) is 35.4 Å². The molecule has 3 aliphatic rings. The third-order valence-corrected chi connectivity index (χ3v) is 7.50. The lowest BCUT2D eigenvalue weighted by Gasteiger charge is -2.37. The first-order valence-electron chi connectivity index (χ1n) is 11.7. The summed E-state index contributed by atoms with van der Waals surface area (Å²) in [7, 11) is 0. The van der Waals surface area contributed by atoms with Gasteiger partial charge in [-0.15, -0.1) is 24.8 Å². The van der Waals surface area contributed by atoms with Gasteiger partial charge in [-0.2, -0.15) is 0 Å². The second-order valence-corrected chi connectivity index (χ2v) is 9.60. The highest BCUT2D eigenvalue weighted by atomic mass is 35.5. The third kappa shape index (κ3) is 5.81. The lowest BCUT2D eigenvalue weighted by molar-refractivity contribution is -0.145. The topological polar surface area (TPSA) is 125 Å². The molecular formula is C24H37Cl2N5O2. The van der Waals surface area contributed by atoms with Crippen molar-refractivity contribution < 1.29 is 9.59 Å². The number of hydrogen-bond acceptors (Lipinski definition) is 4. The van der Waals surface area contributed by atoms with Crippen LogP contribution in [-0.4, -0.2) is 40.7 Å². The van der Waals surface area contributed by atoms with E-state index in [2.05, 4.69) is 5.32 Å². The summed E-state index contributed by atoms with van der Waals surface area (Å²) in [5.41, 5.74) is 12.8. The van der Waals surface area contributed by atoms with E-state index >= 15 is 0 Å². The number of carbonyl (C=O) groups is 2. The van der Waals surface area contributed by atoms with Crippen molar-refractivity contribution in [2.45, 2.75) is 75.9 Å². The van der Waals surface area contributed by atoms with E-state index in [-0.39, 0.29) is 48.4 Å². The van der Waals surface area contributed by atoms with Crippen LogP contribution in [0.5, 0.6) is 0 Å². The maximum atomic E-state index is 13.3. The summed E-state index contributed by atoms with van der Waals surface area (Å²) in [6, 6.07) is 6.78. The van der Waals surface area contributed by atoms with E-state index in [0.29, 0.717) is 24.6 Å². The molecule has 0 aromatic heterocycles. The Hall–Kier alpha value is -1.83. The number of piperidine rings is 1. The molecule has 0 unspecified atom stereocenters. The van der Waals surface area contributed by atoms with Gasteiger partial charge in [-0.1, -0.05) is 56.4 Å². The summed E-state index contributed by atoms with van der Waals surface area (Å²) in [4.78, 5) is 28.3. The van der Waals surface area contributed by atoms with E-state index in [1.54, 1.807) is 12.1 Å². The molecule has 1 saturated heterocycles. The number of halogens is 2. The van der Waals surface area contributed by atoms with E-state index in [4.69, 9.17) is 16.9 Å². The van der Waals surface area contributed by atoms with Gasteiger partial charge in [0.25, 0.3) is 0 Å². The number of rotatable bonds is 7. The van der Waals surface area contributed by atoms with Crippen molar-refractivity contribution in [2.75, 3.05) is 6.54 Å². The van der Waals surface area contributed by atoms with Gasteiger partial charge in [0.15, 0.2) is 0 Å². The number of nitrogen functional groups attached to an aromatic ring is 1. The van der Waals surface area contributed by atoms with Crippen LogP contribution in [0.1, 0.15) is 68.9 Å². The molecule has 184 valence electrons. The molecule has 9 heteroatoms. The predicted molar refractivity (Wildman–Crippen MR) is 135 cm³/mol. The van der Waals surface area contributed by atoms with Gasteiger partial charge < -0.3 is 21.7 Å². The fraction of sp³-hybridized carbons (Fsp3) is 0.625. The Kier molecular flexibility index (Phi) is 9.58. The summed E-state index contributed by atoms with van der Waals surface area (Å²) in [6.07, 6.45) is 9.48. The van der Waals surface area contributed by atoms with E-state index in [1.807, 2.05) is 17.0 Å². The molecule has 33 heavy (non-hydrogen) atoms.